The molecule has 7 nitrogen and oxygen atoms in total. The van der Waals surface area contributed by atoms with Gasteiger partial charge in [-0.1, -0.05) is 0 Å². The van der Waals surface area contributed by atoms with E-state index in [0.717, 1.165) is 0 Å². The summed E-state index contributed by atoms with van der Waals surface area (Å²) in [6.45, 7) is 3.24. The molecule has 0 aliphatic rings. The summed E-state index contributed by atoms with van der Waals surface area (Å²) in [6.07, 6.45) is 1.51. The van der Waals surface area contributed by atoms with Gasteiger partial charge in [0, 0.05) is 12.1 Å². The first-order valence-electron chi connectivity index (χ1n) is 6.88. The standard InChI is InChI=1S/C16H13N3O4/c1-10-15(11(2)20)16(14-4-3-9-23-14)17-18(10)12-5-7-13(8-6-12)19(21)22/h3-9H,1-2H3. The summed E-state index contributed by atoms with van der Waals surface area (Å²) in [4.78, 5) is 22.3. The minimum absolute atomic E-state index is 0.00314. The highest BCUT2D eigenvalue weighted by Crippen LogP contribution is 2.28. The van der Waals surface area contributed by atoms with Crippen LogP contribution in [-0.4, -0.2) is 20.5 Å². The van der Waals surface area contributed by atoms with Gasteiger partial charge in [0.2, 0.25) is 0 Å². The van der Waals surface area contributed by atoms with Crippen LogP contribution in [0.15, 0.2) is 47.1 Å². The maximum absolute atomic E-state index is 12.0. The van der Waals surface area contributed by atoms with Gasteiger partial charge in [0.05, 0.1) is 28.1 Å². The van der Waals surface area contributed by atoms with Gasteiger partial charge < -0.3 is 4.42 Å². The summed E-state index contributed by atoms with van der Waals surface area (Å²) in [6, 6.07) is 9.43. The highest BCUT2D eigenvalue weighted by Gasteiger charge is 2.22. The van der Waals surface area contributed by atoms with Crippen LogP contribution >= 0.6 is 0 Å². The van der Waals surface area contributed by atoms with E-state index in [4.69, 9.17) is 4.42 Å². The van der Waals surface area contributed by atoms with Crippen molar-refractivity contribution in [2.75, 3.05) is 0 Å². The molecule has 3 rings (SSSR count). The molecule has 0 aliphatic carbocycles. The van der Waals surface area contributed by atoms with Crippen molar-refractivity contribution < 1.29 is 14.1 Å². The third-order valence-corrected chi connectivity index (χ3v) is 3.53. The van der Waals surface area contributed by atoms with Crippen molar-refractivity contribution in [3.8, 4) is 17.1 Å². The molecule has 0 unspecified atom stereocenters. The van der Waals surface area contributed by atoms with E-state index in [1.165, 1.54) is 25.3 Å². The number of carbonyl (C=O) groups excluding carboxylic acids is 1. The lowest BCUT2D eigenvalue weighted by Gasteiger charge is -2.04. The topological polar surface area (TPSA) is 91.2 Å². The second-order valence-corrected chi connectivity index (χ2v) is 5.03. The Morgan fingerprint density at radius 1 is 1.26 bits per heavy atom. The highest BCUT2D eigenvalue weighted by molar-refractivity contribution is 6.00. The van der Waals surface area contributed by atoms with E-state index in [1.54, 1.807) is 35.9 Å². The summed E-state index contributed by atoms with van der Waals surface area (Å²) in [5.74, 6) is 0.376. The van der Waals surface area contributed by atoms with E-state index in [-0.39, 0.29) is 11.5 Å². The number of Topliss-reactive ketones (excluding diaryl/α,β-unsaturated/α-hetero) is 1. The second kappa shape index (κ2) is 5.53. The summed E-state index contributed by atoms with van der Waals surface area (Å²) in [5.41, 5.74) is 2.21. The normalized spacial score (nSPS) is 10.7. The van der Waals surface area contributed by atoms with Gasteiger partial charge in [-0.05, 0) is 38.1 Å². The first-order chi connectivity index (χ1) is 11.0. The maximum Gasteiger partial charge on any atom is 0.269 e. The zero-order valence-electron chi connectivity index (χ0n) is 12.5. The maximum atomic E-state index is 12.0. The molecule has 0 N–H and O–H groups in total. The van der Waals surface area contributed by atoms with Crippen LogP contribution < -0.4 is 0 Å². The largest absolute Gasteiger partial charge is 0.463 e. The number of carbonyl (C=O) groups is 1. The number of hydrogen-bond donors (Lipinski definition) is 0. The first kappa shape index (κ1) is 14.7. The Balaban J connectivity index is 2.15. The van der Waals surface area contributed by atoms with Gasteiger partial charge in [-0.3, -0.25) is 14.9 Å². The third-order valence-electron chi connectivity index (χ3n) is 3.53. The second-order valence-electron chi connectivity index (χ2n) is 5.03. The van der Waals surface area contributed by atoms with Gasteiger partial charge in [-0.25, -0.2) is 4.68 Å². The minimum Gasteiger partial charge on any atom is -0.463 e. The number of aromatic nitrogens is 2. The van der Waals surface area contributed by atoms with Crippen LogP contribution in [0.4, 0.5) is 5.69 Å². The number of hydrogen-bond acceptors (Lipinski definition) is 5. The SMILES string of the molecule is CC(=O)c1c(-c2ccco2)nn(-c2ccc([N+](=O)[O-])cc2)c1C. The average Bonchev–Trinajstić information content (AvgIpc) is 3.14. The van der Waals surface area contributed by atoms with Crippen LogP contribution in [0.3, 0.4) is 0 Å². The molecule has 0 fully saturated rings. The van der Waals surface area contributed by atoms with Crippen molar-refractivity contribution >= 4 is 11.5 Å². The Bertz CT molecular complexity index is 877. The van der Waals surface area contributed by atoms with Crippen LogP contribution in [0.25, 0.3) is 17.1 Å². The zero-order valence-corrected chi connectivity index (χ0v) is 12.5. The molecule has 116 valence electrons. The molecule has 2 aromatic heterocycles. The smallest absolute Gasteiger partial charge is 0.269 e. The van der Waals surface area contributed by atoms with Crippen molar-refractivity contribution in [2.45, 2.75) is 13.8 Å². The molecule has 1 aromatic carbocycles. The predicted molar refractivity (Wildman–Crippen MR) is 82.7 cm³/mol. The Hall–Kier alpha value is -3.22. The fourth-order valence-electron chi connectivity index (χ4n) is 2.48. The Labute approximate surface area is 131 Å². The molecule has 0 amide bonds. The van der Waals surface area contributed by atoms with Gasteiger partial charge in [-0.15, -0.1) is 0 Å². The van der Waals surface area contributed by atoms with E-state index in [2.05, 4.69) is 5.10 Å². The van der Waals surface area contributed by atoms with E-state index in [1.807, 2.05) is 0 Å². The van der Waals surface area contributed by atoms with Crippen LogP contribution in [0.1, 0.15) is 23.0 Å². The van der Waals surface area contributed by atoms with E-state index >= 15 is 0 Å². The van der Waals surface area contributed by atoms with Gasteiger partial charge >= 0.3 is 0 Å². The third kappa shape index (κ3) is 2.52. The van der Waals surface area contributed by atoms with Gasteiger partial charge in [0.15, 0.2) is 11.5 Å². The molecule has 0 atom stereocenters. The molecule has 0 radical (unpaired) electrons. The van der Waals surface area contributed by atoms with Crippen LogP contribution in [0, 0.1) is 17.0 Å². The number of nitro groups is 1. The molecular weight excluding hydrogens is 298 g/mol. The molecule has 0 bridgehead atoms. The van der Waals surface area contributed by atoms with Crippen molar-refractivity contribution in [2.24, 2.45) is 0 Å². The molecule has 0 saturated carbocycles. The summed E-state index contributed by atoms with van der Waals surface area (Å²) < 4.78 is 6.93. The number of ketones is 1. The molecule has 0 aliphatic heterocycles. The number of nitrogens with zero attached hydrogens (tertiary/aromatic N) is 3. The minimum atomic E-state index is -0.463. The van der Waals surface area contributed by atoms with E-state index in [0.29, 0.717) is 28.4 Å². The number of nitro benzene ring substituents is 1. The molecule has 0 spiro atoms. The summed E-state index contributed by atoms with van der Waals surface area (Å²) >= 11 is 0. The van der Waals surface area contributed by atoms with Crippen LogP contribution in [0.2, 0.25) is 0 Å². The van der Waals surface area contributed by atoms with Crippen LogP contribution in [-0.2, 0) is 0 Å². The lowest BCUT2D eigenvalue weighted by atomic mass is 10.1. The summed E-state index contributed by atoms with van der Waals surface area (Å²) in [7, 11) is 0. The van der Waals surface area contributed by atoms with E-state index in [9.17, 15) is 14.9 Å². The Morgan fingerprint density at radius 3 is 2.48 bits per heavy atom. The predicted octanol–water partition coefficient (Wildman–Crippen LogP) is 3.55. The van der Waals surface area contributed by atoms with Crippen molar-refractivity contribution in [3.05, 3.63) is 64.0 Å². The zero-order chi connectivity index (χ0) is 16.6. The van der Waals surface area contributed by atoms with Crippen molar-refractivity contribution in [1.29, 1.82) is 0 Å². The van der Waals surface area contributed by atoms with E-state index < -0.39 is 4.92 Å². The van der Waals surface area contributed by atoms with Gasteiger partial charge in [0.25, 0.3) is 5.69 Å². The fraction of sp³-hybridized carbons (Fsp3) is 0.125. The highest BCUT2D eigenvalue weighted by atomic mass is 16.6. The average molecular weight is 311 g/mol. The Morgan fingerprint density at radius 2 is 1.96 bits per heavy atom. The summed E-state index contributed by atoms with van der Waals surface area (Å²) in [5, 5.41) is 15.2. The van der Waals surface area contributed by atoms with Crippen molar-refractivity contribution in [1.82, 2.24) is 9.78 Å². The Kier molecular flexibility index (Phi) is 3.53. The lowest BCUT2D eigenvalue weighted by molar-refractivity contribution is -0.384. The van der Waals surface area contributed by atoms with Crippen LogP contribution in [0.5, 0.6) is 0 Å². The number of benzene rings is 1. The first-order valence-corrected chi connectivity index (χ1v) is 6.88. The quantitative estimate of drug-likeness (QED) is 0.417. The number of furan rings is 1. The molecule has 0 saturated heterocycles. The monoisotopic (exact) mass is 311 g/mol. The lowest BCUT2D eigenvalue weighted by Crippen LogP contribution is -2.01. The molecular formula is C16H13N3O4. The molecule has 7 heteroatoms. The number of rotatable bonds is 4. The number of non-ortho nitro benzene ring substituents is 1. The molecule has 3 aromatic rings. The molecule has 23 heavy (non-hydrogen) atoms. The van der Waals surface area contributed by atoms with Gasteiger partial charge in [-0.2, -0.15) is 5.10 Å². The molecule has 2 heterocycles. The van der Waals surface area contributed by atoms with Crippen molar-refractivity contribution in [3.63, 3.8) is 0 Å². The fourth-order valence-corrected chi connectivity index (χ4v) is 2.48. The van der Waals surface area contributed by atoms with Gasteiger partial charge in [0.1, 0.15) is 5.69 Å².